The standard InChI is InChI=1S/C9H19N/c1-4-6-9(7-5-2)8-10-3/h8-9H,4-7H2,1-3H3. The summed E-state index contributed by atoms with van der Waals surface area (Å²) in [7, 11) is 1.86. The van der Waals surface area contributed by atoms with Crippen LogP contribution in [0.2, 0.25) is 0 Å². The molecule has 0 aromatic rings. The number of rotatable bonds is 5. The van der Waals surface area contributed by atoms with Gasteiger partial charge < -0.3 is 4.99 Å². The second-order valence-electron chi connectivity index (χ2n) is 2.74. The molecule has 0 amide bonds. The van der Waals surface area contributed by atoms with Crippen LogP contribution in [0.15, 0.2) is 4.99 Å². The van der Waals surface area contributed by atoms with Gasteiger partial charge in [-0.3, -0.25) is 0 Å². The highest BCUT2D eigenvalue weighted by atomic mass is 14.6. The van der Waals surface area contributed by atoms with Gasteiger partial charge in [0.1, 0.15) is 0 Å². The van der Waals surface area contributed by atoms with Gasteiger partial charge in [0.05, 0.1) is 0 Å². The van der Waals surface area contributed by atoms with E-state index in [-0.39, 0.29) is 0 Å². The summed E-state index contributed by atoms with van der Waals surface area (Å²) in [5.41, 5.74) is 0. The minimum Gasteiger partial charge on any atom is -0.301 e. The van der Waals surface area contributed by atoms with Crippen LogP contribution in [0, 0.1) is 5.92 Å². The van der Waals surface area contributed by atoms with E-state index in [0.717, 1.165) is 5.92 Å². The van der Waals surface area contributed by atoms with E-state index in [2.05, 4.69) is 25.1 Å². The summed E-state index contributed by atoms with van der Waals surface area (Å²) in [5.74, 6) is 0.736. The molecule has 0 saturated carbocycles. The van der Waals surface area contributed by atoms with Crippen molar-refractivity contribution < 1.29 is 0 Å². The normalized spacial score (nSPS) is 11.6. The Balaban J connectivity index is 3.50. The third-order valence-corrected chi connectivity index (χ3v) is 1.68. The van der Waals surface area contributed by atoms with E-state index in [0.29, 0.717) is 0 Å². The first-order valence-corrected chi connectivity index (χ1v) is 4.27. The van der Waals surface area contributed by atoms with E-state index in [9.17, 15) is 0 Å². The molecular formula is C9H19N. The summed E-state index contributed by atoms with van der Waals surface area (Å²) in [6.45, 7) is 4.46. The van der Waals surface area contributed by atoms with Crippen molar-refractivity contribution >= 4 is 6.21 Å². The molecule has 0 spiro atoms. The number of hydrogen-bond donors (Lipinski definition) is 0. The molecule has 0 aliphatic rings. The molecule has 0 radical (unpaired) electrons. The van der Waals surface area contributed by atoms with Crippen molar-refractivity contribution in [3.8, 4) is 0 Å². The Morgan fingerprint density at radius 3 is 2.00 bits per heavy atom. The fourth-order valence-corrected chi connectivity index (χ4v) is 1.25. The zero-order chi connectivity index (χ0) is 7.82. The van der Waals surface area contributed by atoms with Gasteiger partial charge >= 0.3 is 0 Å². The van der Waals surface area contributed by atoms with E-state index in [4.69, 9.17) is 0 Å². The first-order valence-electron chi connectivity index (χ1n) is 4.27. The molecule has 0 rings (SSSR count). The van der Waals surface area contributed by atoms with Crippen molar-refractivity contribution in [2.45, 2.75) is 39.5 Å². The van der Waals surface area contributed by atoms with Gasteiger partial charge in [-0.15, -0.1) is 0 Å². The molecule has 0 aromatic heterocycles. The molecule has 0 atom stereocenters. The first kappa shape index (κ1) is 9.67. The fraction of sp³-hybridized carbons (Fsp3) is 0.889. The van der Waals surface area contributed by atoms with Crippen molar-refractivity contribution in [2.24, 2.45) is 10.9 Å². The smallest absolute Gasteiger partial charge is 0.0273 e. The molecule has 0 fully saturated rings. The average molecular weight is 141 g/mol. The largest absolute Gasteiger partial charge is 0.301 e. The van der Waals surface area contributed by atoms with Crippen LogP contribution in [0.25, 0.3) is 0 Å². The first-order chi connectivity index (χ1) is 4.85. The van der Waals surface area contributed by atoms with Crippen LogP contribution in [-0.4, -0.2) is 13.3 Å². The lowest BCUT2D eigenvalue weighted by molar-refractivity contribution is 0.567. The van der Waals surface area contributed by atoms with Crippen LogP contribution in [0.1, 0.15) is 39.5 Å². The second kappa shape index (κ2) is 6.79. The maximum absolute atomic E-state index is 4.05. The van der Waals surface area contributed by atoms with E-state index >= 15 is 0 Å². The maximum atomic E-state index is 4.05. The van der Waals surface area contributed by atoms with Crippen LogP contribution in [0.5, 0.6) is 0 Å². The number of hydrogen-bond acceptors (Lipinski definition) is 1. The van der Waals surface area contributed by atoms with Crippen molar-refractivity contribution in [1.29, 1.82) is 0 Å². The Bertz CT molecular complexity index is 80.7. The third kappa shape index (κ3) is 4.54. The monoisotopic (exact) mass is 141 g/mol. The van der Waals surface area contributed by atoms with Crippen molar-refractivity contribution in [3.63, 3.8) is 0 Å². The number of aliphatic imine (C=N–C) groups is 1. The quantitative estimate of drug-likeness (QED) is 0.522. The van der Waals surface area contributed by atoms with Crippen LogP contribution in [-0.2, 0) is 0 Å². The van der Waals surface area contributed by atoms with Gasteiger partial charge in [-0.1, -0.05) is 26.7 Å². The van der Waals surface area contributed by atoms with Gasteiger partial charge in [0.2, 0.25) is 0 Å². The van der Waals surface area contributed by atoms with Crippen molar-refractivity contribution in [3.05, 3.63) is 0 Å². The zero-order valence-electron chi connectivity index (χ0n) is 7.43. The molecular weight excluding hydrogens is 122 g/mol. The van der Waals surface area contributed by atoms with Crippen LogP contribution in [0.3, 0.4) is 0 Å². The molecule has 0 aliphatic heterocycles. The van der Waals surface area contributed by atoms with Crippen LogP contribution in [0.4, 0.5) is 0 Å². The molecule has 0 aliphatic carbocycles. The molecule has 0 saturated heterocycles. The molecule has 10 heavy (non-hydrogen) atoms. The lowest BCUT2D eigenvalue weighted by Gasteiger charge is -2.07. The molecule has 0 heterocycles. The topological polar surface area (TPSA) is 12.4 Å². The highest BCUT2D eigenvalue weighted by molar-refractivity contribution is 5.60. The second-order valence-corrected chi connectivity index (χ2v) is 2.74. The predicted octanol–water partition coefficient (Wildman–Crippen LogP) is 2.90. The summed E-state index contributed by atoms with van der Waals surface area (Å²) < 4.78 is 0. The maximum Gasteiger partial charge on any atom is 0.0273 e. The average Bonchev–Trinajstić information content (AvgIpc) is 1.90. The molecule has 0 unspecified atom stereocenters. The summed E-state index contributed by atoms with van der Waals surface area (Å²) >= 11 is 0. The SMILES string of the molecule is CCCC(C=NC)CCC. The summed E-state index contributed by atoms with van der Waals surface area (Å²) in [6, 6.07) is 0. The molecule has 1 heteroatoms. The van der Waals surface area contributed by atoms with Crippen LogP contribution >= 0.6 is 0 Å². The zero-order valence-corrected chi connectivity index (χ0v) is 7.43. The summed E-state index contributed by atoms with van der Waals surface area (Å²) in [4.78, 5) is 4.05. The predicted molar refractivity (Wildman–Crippen MR) is 47.7 cm³/mol. The van der Waals surface area contributed by atoms with Crippen LogP contribution < -0.4 is 0 Å². The van der Waals surface area contributed by atoms with E-state index < -0.39 is 0 Å². The van der Waals surface area contributed by atoms with Crippen molar-refractivity contribution in [1.82, 2.24) is 0 Å². The molecule has 0 bridgehead atoms. The van der Waals surface area contributed by atoms with E-state index in [1.54, 1.807) is 0 Å². The van der Waals surface area contributed by atoms with Gasteiger partial charge in [0.15, 0.2) is 0 Å². The summed E-state index contributed by atoms with van der Waals surface area (Å²) in [6.07, 6.45) is 7.23. The Hall–Kier alpha value is -0.330. The number of nitrogens with zero attached hydrogens (tertiary/aromatic N) is 1. The lowest BCUT2D eigenvalue weighted by atomic mass is 10.00. The van der Waals surface area contributed by atoms with Crippen molar-refractivity contribution in [2.75, 3.05) is 7.05 Å². The minimum absolute atomic E-state index is 0.736. The van der Waals surface area contributed by atoms with Gasteiger partial charge in [0.25, 0.3) is 0 Å². The van der Waals surface area contributed by atoms with E-state index in [1.807, 2.05) is 7.05 Å². The third-order valence-electron chi connectivity index (χ3n) is 1.68. The highest BCUT2D eigenvalue weighted by Crippen LogP contribution is 2.10. The Labute approximate surface area is 64.6 Å². The van der Waals surface area contributed by atoms with Gasteiger partial charge in [0, 0.05) is 13.3 Å². The summed E-state index contributed by atoms with van der Waals surface area (Å²) in [5, 5.41) is 0. The Morgan fingerprint density at radius 1 is 1.20 bits per heavy atom. The molecule has 1 nitrogen and oxygen atoms in total. The fourth-order valence-electron chi connectivity index (χ4n) is 1.25. The minimum atomic E-state index is 0.736. The molecule has 60 valence electrons. The lowest BCUT2D eigenvalue weighted by Crippen LogP contribution is -2.00. The highest BCUT2D eigenvalue weighted by Gasteiger charge is 2.00. The van der Waals surface area contributed by atoms with Gasteiger partial charge in [-0.05, 0) is 18.8 Å². The Morgan fingerprint density at radius 2 is 1.70 bits per heavy atom. The van der Waals surface area contributed by atoms with E-state index in [1.165, 1.54) is 25.7 Å². The molecule has 0 N–H and O–H groups in total. The Kier molecular flexibility index (Phi) is 6.56. The van der Waals surface area contributed by atoms with Gasteiger partial charge in [-0.25, -0.2) is 0 Å². The van der Waals surface area contributed by atoms with Gasteiger partial charge in [-0.2, -0.15) is 0 Å². The molecule has 0 aromatic carbocycles.